The van der Waals surface area contributed by atoms with Crippen molar-refractivity contribution in [1.82, 2.24) is 19.6 Å². The molecular weight excluding hydrogens is 842 g/mol. The average Bonchev–Trinajstić information content (AvgIpc) is 3.77. The van der Waals surface area contributed by atoms with Gasteiger partial charge in [-0.25, -0.2) is 18.1 Å². The van der Waals surface area contributed by atoms with E-state index in [0.717, 1.165) is 100.0 Å². The van der Waals surface area contributed by atoms with Crippen molar-refractivity contribution >= 4 is 61.2 Å². The van der Waals surface area contributed by atoms with Crippen LogP contribution in [0.2, 0.25) is 5.02 Å². The molecule has 8 rings (SSSR count). The van der Waals surface area contributed by atoms with E-state index in [-0.39, 0.29) is 28.5 Å². The van der Waals surface area contributed by atoms with Gasteiger partial charge in [-0.05, 0) is 116 Å². The van der Waals surface area contributed by atoms with Crippen molar-refractivity contribution in [3.63, 3.8) is 0 Å². The quantitative estimate of drug-likeness (QED) is 0.0716. The maximum absolute atomic E-state index is 14.0. The zero-order chi connectivity index (χ0) is 44.3. The highest BCUT2D eigenvalue weighted by Crippen LogP contribution is 2.44. The number of methoxy groups -OCH3 is 1. The van der Waals surface area contributed by atoms with Crippen LogP contribution in [-0.2, 0) is 14.8 Å². The molecule has 0 unspecified atom stereocenters. The van der Waals surface area contributed by atoms with Gasteiger partial charge in [0.05, 0.1) is 33.3 Å². The fourth-order valence-electron chi connectivity index (χ4n) is 9.06. The first-order valence-corrected chi connectivity index (χ1v) is 23.4. The fourth-order valence-corrected chi connectivity index (χ4v) is 10.2. The molecule has 1 saturated carbocycles. The van der Waals surface area contributed by atoms with E-state index in [9.17, 15) is 23.3 Å². The number of sulfonamides is 1. The van der Waals surface area contributed by atoms with Gasteiger partial charge in [-0.2, -0.15) is 0 Å². The average molecular weight is 897 g/mol. The third-order valence-electron chi connectivity index (χ3n) is 12.8. The summed E-state index contributed by atoms with van der Waals surface area (Å²) in [7, 11) is -2.86. The second-order valence-electron chi connectivity index (χ2n) is 17.7. The number of anilines is 2. The van der Waals surface area contributed by atoms with E-state index >= 15 is 0 Å². The van der Waals surface area contributed by atoms with Gasteiger partial charge in [-0.3, -0.25) is 19.8 Å². The van der Waals surface area contributed by atoms with Crippen molar-refractivity contribution < 1.29 is 27.6 Å². The molecule has 1 aliphatic heterocycles. The van der Waals surface area contributed by atoms with Crippen molar-refractivity contribution in [3.8, 4) is 11.5 Å². The standard InChI is InChI=1S/C47H54ClN7O7S/c1-47(2)20-19-33(39(27-47)32-9-11-34(48)12-10-32)29-53-21-23-54(24-22-53)35-13-17-38(44(25-35)62-43-6-4-5-41-45(43)51-30-50-41)46(56)52-63(59,60)37-16-18-40(42(26-37)55(57)58)49-28-31-7-14-36(61-3)15-8-31/h4-6,9-13,16-18,25-26,30-31,36,49H,7-8,14-15,19-24,27-29H2,1-3H3,(H,50,51)(H,52,56)/t31-,36-. The second kappa shape index (κ2) is 18.7. The number of nitro benzene ring substituents is 1. The van der Waals surface area contributed by atoms with Gasteiger partial charge < -0.3 is 24.7 Å². The lowest BCUT2D eigenvalue weighted by atomic mass is 9.72. The molecule has 1 amide bonds. The van der Waals surface area contributed by atoms with Crippen LogP contribution in [0, 0.1) is 21.4 Å². The number of rotatable bonds is 14. The number of nitrogens with one attached hydrogen (secondary N) is 3. The number of hydrogen-bond donors (Lipinski definition) is 3. The van der Waals surface area contributed by atoms with Gasteiger partial charge in [0.2, 0.25) is 0 Å². The summed E-state index contributed by atoms with van der Waals surface area (Å²) in [4.78, 5) is 37.3. The molecule has 0 atom stereocenters. The number of benzene rings is 4. The predicted molar refractivity (Wildman–Crippen MR) is 246 cm³/mol. The summed E-state index contributed by atoms with van der Waals surface area (Å²) >= 11 is 6.25. The van der Waals surface area contributed by atoms with Gasteiger partial charge in [0.1, 0.15) is 17.0 Å². The van der Waals surface area contributed by atoms with Crippen LogP contribution >= 0.6 is 11.6 Å². The number of H-pyrrole nitrogens is 1. The Morgan fingerprint density at radius 3 is 2.48 bits per heavy atom. The number of carbonyl (C=O) groups is 1. The summed E-state index contributed by atoms with van der Waals surface area (Å²) in [5.41, 5.74) is 6.17. The second-order valence-corrected chi connectivity index (χ2v) is 19.8. The zero-order valence-corrected chi connectivity index (χ0v) is 37.4. The number of fused-ring (bicyclic) bond motifs is 1. The minimum Gasteiger partial charge on any atom is -0.454 e. The van der Waals surface area contributed by atoms with Crippen molar-refractivity contribution in [2.45, 2.75) is 69.8 Å². The lowest BCUT2D eigenvalue weighted by Crippen LogP contribution is -2.47. The molecule has 0 spiro atoms. The first-order chi connectivity index (χ1) is 30.2. The van der Waals surface area contributed by atoms with Gasteiger partial charge in [-0.1, -0.05) is 49.2 Å². The molecule has 4 aromatic carbocycles. The molecule has 3 aliphatic rings. The summed E-state index contributed by atoms with van der Waals surface area (Å²) in [5.74, 6) is -0.144. The van der Waals surface area contributed by atoms with Gasteiger partial charge in [0, 0.05) is 69.2 Å². The fraction of sp³-hybridized carbons (Fsp3) is 0.404. The molecular formula is C47H54ClN7O7S. The number of imidazole rings is 1. The van der Waals surface area contributed by atoms with Gasteiger partial charge in [-0.15, -0.1) is 0 Å². The highest BCUT2D eigenvalue weighted by molar-refractivity contribution is 7.90. The van der Waals surface area contributed by atoms with Crippen molar-refractivity contribution in [2.24, 2.45) is 11.3 Å². The number of piperazine rings is 1. The molecule has 16 heteroatoms. The third-order valence-corrected chi connectivity index (χ3v) is 14.4. The first kappa shape index (κ1) is 44.1. The minimum absolute atomic E-state index is 0.0358. The van der Waals surface area contributed by atoms with Gasteiger partial charge in [0.25, 0.3) is 21.6 Å². The maximum Gasteiger partial charge on any atom is 0.293 e. The molecule has 2 heterocycles. The highest BCUT2D eigenvalue weighted by Gasteiger charge is 2.31. The maximum atomic E-state index is 14.0. The van der Waals surface area contributed by atoms with Crippen LogP contribution in [0.5, 0.6) is 11.5 Å². The summed E-state index contributed by atoms with van der Waals surface area (Å²) in [6.07, 6.45) is 8.63. The van der Waals surface area contributed by atoms with E-state index < -0.39 is 31.4 Å². The first-order valence-electron chi connectivity index (χ1n) is 21.6. The Hall–Kier alpha value is -5.48. The molecule has 5 aromatic rings. The van der Waals surface area contributed by atoms with E-state index in [1.165, 1.54) is 28.8 Å². The number of nitrogens with zero attached hydrogens (tertiary/aromatic N) is 4. The Morgan fingerprint density at radius 2 is 1.75 bits per heavy atom. The Kier molecular flexibility index (Phi) is 13.1. The molecule has 1 saturated heterocycles. The van der Waals surface area contributed by atoms with Crippen LogP contribution in [0.15, 0.2) is 95.7 Å². The predicted octanol–water partition coefficient (Wildman–Crippen LogP) is 9.44. The minimum atomic E-state index is -4.56. The van der Waals surface area contributed by atoms with E-state index in [2.05, 4.69) is 55.8 Å². The van der Waals surface area contributed by atoms with Crippen molar-refractivity contribution in [1.29, 1.82) is 0 Å². The lowest BCUT2D eigenvalue weighted by molar-refractivity contribution is -0.384. The molecule has 0 bridgehead atoms. The van der Waals surface area contributed by atoms with E-state index in [0.29, 0.717) is 23.7 Å². The molecule has 0 radical (unpaired) electrons. The number of ether oxygens (including phenoxy) is 2. The summed E-state index contributed by atoms with van der Waals surface area (Å²) in [5, 5.41) is 16.0. The van der Waals surface area contributed by atoms with E-state index in [4.69, 9.17) is 21.1 Å². The summed E-state index contributed by atoms with van der Waals surface area (Å²) < 4.78 is 41.5. The third kappa shape index (κ3) is 10.3. The van der Waals surface area contributed by atoms with Crippen LogP contribution in [0.3, 0.4) is 0 Å². The largest absolute Gasteiger partial charge is 0.454 e. The summed E-state index contributed by atoms with van der Waals surface area (Å²) in [6.45, 7) is 9.14. The van der Waals surface area contributed by atoms with Crippen LogP contribution < -0.4 is 19.7 Å². The van der Waals surface area contributed by atoms with Crippen LogP contribution in [0.1, 0.15) is 74.7 Å². The number of carbonyl (C=O) groups excluding carboxylic acids is 1. The molecule has 63 heavy (non-hydrogen) atoms. The zero-order valence-electron chi connectivity index (χ0n) is 35.9. The number of amides is 1. The highest BCUT2D eigenvalue weighted by atomic mass is 35.5. The number of allylic oxidation sites excluding steroid dienone is 1. The van der Waals surface area contributed by atoms with Gasteiger partial charge >= 0.3 is 0 Å². The Balaban J connectivity index is 0.998. The van der Waals surface area contributed by atoms with E-state index in [1.807, 2.05) is 18.2 Å². The number of aromatic amines is 1. The number of halogens is 1. The Labute approximate surface area is 373 Å². The molecule has 332 valence electrons. The van der Waals surface area contributed by atoms with Crippen LogP contribution in [-0.4, -0.2) is 86.6 Å². The lowest BCUT2D eigenvalue weighted by Gasteiger charge is -2.39. The van der Waals surface area contributed by atoms with Crippen molar-refractivity contribution in [2.75, 3.05) is 56.6 Å². The Bertz CT molecular complexity index is 2620. The van der Waals surface area contributed by atoms with Crippen LogP contribution in [0.25, 0.3) is 16.6 Å². The molecule has 2 fully saturated rings. The number of nitro groups is 1. The normalized spacial score (nSPS) is 19.5. The topological polar surface area (TPSA) is 172 Å². The number of aromatic nitrogens is 2. The Morgan fingerprint density at radius 1 is 0.984 bits per heavy atom. The summed E-state index contributed by atoms with van der Waals surface area (Å²) in [6, 6.07) is 22.2. The SMILES string of the molecule is CO[C@H]1CC[C@H](CNc2ccc(S(=O)(=O)NC(=O)c3ccc(N4CCN(CC5=C(c6ccc(Cl)cc6)CC(C)(C)CC5)CC4)cc3Oc3cccc4[nH]cnc34)cc2[N+](=O)[O-])CC1. The molecule has 3 N–H and O–H groups in total. The van der Waals surface area contributed by atoms with Gasteiger partial charge in [0.15, 0.2) is 5.75 Å². The van der Waals surface area contributed by atoms with E-state index in [1.54, 1.807) is 43.8 Å². The number of para-hydroxylation sites is 1. The smallest absolute Gasteiger partial charge is 0.293 e. The monoisotopic (exact) mass is 895 g/mol. The molecule has 14 nitrogen and oxygen atoms in total. The van der Waals surface area contributed by atoms with Crippen LogP contribution in [0.4, 0.5) is 17.1 Å². The molecule has 2 aliphatic carbocycles. The molecule has 1 aromatic heterocycles. The number of hydrogen-bond acceptors (Lipinski definition) is 11. The van der Waals surface area contributed by atoms with Crippen molar-refractivity contribution in [3.05, 3.63) is 117 Å².